The topological polar surface area (TPSA) is 53.1 Å². The highest BCUT2D eigenvalue weighted by Gasteiger charge is 2.21. The van der Waals surface area contributed by atoms with Crippen LogP contribution in [-0.4, -0.2) is 16.7 Å². The zero-order valence-corrected chi connectivity index (χ0v) is 20.1. The summed E-state index contributed by atoms with van der Waals surface area (Å²) in [5, 5.41) is 1.27. The molecule has 4 rings (SSSR count). The molecule has 1 atom stereocenters. The van der Waals surface area contributed by atoms with E-state index in [0.717, 1.165) is 42.0 Å². The number of hydrogen-bond donors (Lipinski definition) is 1. The number of nitrogen functional groups attached to an aromatic ring is 1. The van der Waals surface area contributed by atoms with Crippen LogP contribution in [0.25, 0.3) is 0 Å². The van der Waals surface area contributed by atoms with Gasteiger partial charge >= 0.3 is 0 Å². The zero-order valence-electron chi connectivity index (χ0n) is 18.5. The van der Waals surface area contributed by atoms with Gasteiger partial charge in [0.1, 0.15) is 5.75 Å². The van der Waals surface area contributed by atoms with Gasteiger partial charge in [0.2, 0.25) is 0 Å². The first kappa shape index (κ1) is 23.2. The van der Waals surface area contributed by atoms with Gasteiger partial charge in [-0.2, -0.15) is 0 Å². The Balaban J connectivity index is 1.58. The SMILES string of the molecule is COc1ccc(C(Cc2ccc(Cl)cc2Cl)c2cn(CCCc3ccccc3)c(N)n2)cc1. The van der Waals surface area contributed by atoms with Crippen LogP contribution in [0.15, 0.2) is 79.0 Å². The molecule has 170 valence electrons. The maximum Gasteiger partial charge on any atom is 0.200 e. The Labute approximate surface area is 204 Å². The standard InChI is InChI=1S/C27H27Cl2N3O/c1-33-23-13-10-20(11-14-23)24(16-21-9-12-22(28)17-25(21)29)26-18-32(27(30)31-26)15-5-8-19-6-3-2-4-7-19/h2-4,6-7,9-14,17-18,24H,5,8,15-16H2,1H3,(H2,30,31). The van der Waals surface area contributed by atoms with Gasteiger partial charge in [-0.1, -0.05) is 71.7 Å². The lowest BCUT2D eigenvalue weighted by Gasteiger charge is -2.17. The van der Waals surface area contributed by atoms with Gasteiger partial charge in [-0.3, -0.25) is 0 Å². The third-order valence-electron chi connectivity index (χ3n) is 5.85. The van der Waals surface area contributed by atoms with E-state index in [1.807, 2.05) is 34.9 Å². The Morgan fingerprint density at radius 1 is 1.00 bits per heavy atom. The summed E-state index contributed by atoms with van der Waals surface area (Å²) in [5.41, 5.74) is 10.7. The van der Waals surface area contributed by atoms with Gasteiger partial charge < -0.3 is 15.0 Å². The van der Waals surface area contributed by atoms with E-state index in [4.69, 9.17) is 38.7 Å². The Bertz CT molecular complexity index is 1190. The van der Waals surface area contributed by atoms with E-state index in [1.165, 1.54) is 5.56 Å². The summed E-state index contributed by atoms with van der Waals surface area (Å²) in [7, 11) is 1.66. The number of nitrogens with two attached hydrogens (primary N) is 1. The number of aryl methyl sites for hydroxylation is 2. The normalized spacial score (nSPS) is 12.0. The quantitative estimate of drug-likeness (QED) is 0.287. The molecule has 0 bridgehead atoms. The van der Waals surface area contributed by atoms with Gasteiger partial charge in [0.25, 0.3) is 0 Å². The van der Waals surface area contributed by atoms with Crippen LogP contribution in [0.2, 0.25) is 10.0 Å². The van der Waals surface area contributed by atoms with Gasteiger partial charge in [0.15, 0.2) is 5.95 Å². The number of anilines is 1. The smallest absolute Gasteiger partial charge is 0.200 e. The van der Waals surface area contributed by atoms with Crippen LogP contribution < -0.4 is 10.5 Å². The lowest BCUT2D eigenvalue weighted by Crippen LogP contribution is -2.06. The number of nitrogens with zero attached hydrogens (tertiary/aromatic N) is 2. The lowest BCUT2D eigenvalue weighted by molar-refractivity contribution is 0.414. The fourth-order valence-corrected chi connectivity index (χ4v) is 4.52. The van der Waals surface area contributed by atoms with E-state index in [1.54, 1.807) is 13.2 Å². The molecular weight excluding hydrogens is 453 g/mol. The molecule has 6 heteroatoms. The minimum atomic E-state index is -0.00717. The van der Waals surface area contributed by atoms with E-state index < -0.39 is 0 Å². The molecule has 2 N–H and O–H groups in total. The lowest BCUT2D eigenvalue weighted by atomic mass is 9.89. The first-order valence-electron chi connectivity index (χ1n) is 11.0. The number of methoxy groups -OCH3 is 1. The molecule has 4 nitrogen and oxygen atoms in total. The summed E-state index contributed by atoms with van der Waals surface area (Å²) in [6.07, 6.45) is 4.73. The number of halogens is 2. The zero-order chi connectivity index (χ0) is 23.2. The monoisotopic (exact) mass is 479 g/mol. The first-order chi connectivity index (χ1) is 16.0. The Morgan fingerprint density at radius 3 is 2.45 bits per heavy atom. The van der Waals surface area contributed by atoms with Crippen molar-refractivity contribution in [2.45, 2.75) is 31.7 Å². The highest BCUT2D eigenvalue weighted by molar-refractivity contribution is 6.35. The summed E-state index contributed by atoms with van der Waals surface area (Å²) in [6.45, 7) is 0.810. The van der Waals surface area contributed by atoms with Crippen LogP contribution in [0.3, 0.4) is 0 Å². The number of ether oxygens (including phenoxy) is 1. The maximum absolute atomic E-state index is 6.50. The molecule has 0 aliphatic heterocycles. The molecule has 33 heavy (non-hydrogen) atoms. The van der Waals surface area contributed by atoms with Crippen LogP contribution in [-0.2, 0) is 19.4 Å². The van der Waals surface area contributed by atoms with Crippen molar-refractivity contribution in [3.05, 3.63) is 111 Å². The number of rotatable bonds is 9. The molecule has 1 heterocycles. The molecule has 3 aromatic carbocycles. The molecule has 0 spiro atoms. The Kier molecular flexibility index (Phi) is 7.58. The van der Waals surface area contributed by atoms with Gasteiger partial charge in [-0.25, -0.2) is 4.98 Å². The van der Waals surface area contributed by atoms with Gasteiger partial charge in [0, 0.05) is 28.7 Å². The van der Waals surface area contributed by atoms with Crippen LogP contribution in [0.1, 0.15) is 34.7 Å². The van der Waals surface area contributed by atoms with Crippen LogP contribution in [0.5, 0.6) is 5.75 Å². The Hall–Kier alpha value is -2.95. The molecule has 0 aliphatic carbocycles. The van der Waals surface area contributed by atoms with Gasteiger partial charge in [-0.15, -0.1) is 0 Å². The summed E-state index contributed by atoms with van der Waals surface area (Å²) >= 11 is 12.6. The number of aromatic nitrogens is 2. The van der Waals surface area contributed by atoms with Gasteiger partial charge in [-0.05, 0) is 60.2 Å². The van der Waals surface area contributed by atoms with Crippen molar-refractivity contribution in [3.8, 4) is 5.75 Å². The third kappa shape index (κ3) is 5.89. The highest BCUT2D eigenvalue weighted by Crippen LogP contribution is 2.33. The van der Waals surface area contributed by atoms with Crippen molar-refractivity contribution in [1.29, 1.82) is 0 Å². The van der Waals surface area contributed by atoms with E-state index in [0.29, 0.717) is 22.4 Å². The second kappa shape index (κ2) is 10.8. The highest BCUT2D eigenvalue weighted by atomic mass is 35.5. The van der Waals surface area contributed by atoms with E-state index in [-0.39, 0.29) is 5.92 Å². The summed E-state index contributed by atoms with van der Waals surface area (Å²) in [4.78, 5) is 4.74. The molecule has 4 aromatic rings. The van der Waals surface area contributed by atoms with E-state index >= 15 is 0 Å². The van der Waals surface area contributed by atoms with E-state index in [2.05, 4.69) is 42.6 Å². The molecule has 0 amide bonds. The summed E-state index contributed by atoms with van der Waals surface area (Å²) < 4.78 is 7.37. The molecule has 0 saturated heterocycles. The van der Waals surface area contributed by atoms with Crippen molar-refractivity contribution >= 4 is 29.2 Å². The first-order valence-corrected chi connectivity index (χ1v) is 11.7. The number of imidazole rings is 1. The molecule has 1 aromatic heterocycles. The van der Waals surface area contributed by atoms with Crippen LogP contribution in [0.4, 0.5) is 5.95 Å². The predicted molar refractivity (Wildman–Crippen MR) is 136 cm³/mol. The van der Waals surface area contributed by atoms with Crippen molar-refractivity contribution in [2.75, 3.05) is 12.8 Å². The maximum atomic E-state index is 6.50. The summed E-state index contributed by atoms with van der Waals surface area (Å²) in [6, 6.07) is 24.2. The summed E-state index contributed by atoms with van der Waals surface area (Å²) in [5.74, 6) is 1.33. The van der Waals surface area contributed by atoms with Gasteiger partial charge in [0.05, 0.1) is 12.8 Å². The molecule has 0 fully saturated rings. The second-order valence-corrected chi connectivity index (χ2v) is 8.92. The minimum absolute atomic E-state index is 0.00717. The number of benzene rings is 3. The largest absolute Gasteiger partial charge is 0.497 e. The molecular formula is C27H27Cl2N3O. The Morgan fingerprint density at radius 2 is 1.76 bits per heavy atom. The van der Waals surface area contributed by atoms with Crippen molar-refractivity contribution in [2.24, 2.45) is 0 Å². The molecule has 0 aliphatic rings. The number of hydrogen-bond acceptors (Lipinski definition) is 3. The third-order valence-corrected chi connectivity index (χ3v) is 6.43. The molecule has 0 radical (unpaired) electrons. The van der Waals surface area contributed by atoms with Crippen LogP contribution >= 0.6 is 23.2 Å². The second-order valence-electron chi connectivity index (χ2n) is 8.07. The van der Waals surface area contributed by atoms with Crippen molar-refractivity contribution in [1.82, 2.24) is 9.55 Å². The molecule has 1 unspecified atom stereocenters. The van der Waals surface area contributed by atoms with Crippen molar-refractivity contribution < 1.29 is 4.74 Å². The van der Waals surface area contributed by atoms with Crippen molar-refractivity contribution in [3.63, 3.8) is 0 Å². The fourth-order valence-electron chi connectivity index (χ4n) is 4.03. The minimum Gasteiger partial charge on any atom is -0.497 e. The van der Waals surface area contributed by atoms with E-state index in [9.17, 15) is 0 Å². The average Bonchev–Trinajstić information content (AvgIpc) is 3.19. The fraction of sp³-hybridized carbons (Fsp3) is 0.222. The van der Waals surface area contributed by atoms with Crippen LogP contribution in [0, 0.1) is 0 Å². The average molecular weight is 480 g/mol. The molecule has 0 saturated carbocycles. The predicted octanol–water partition coefficient (Wildman–Crippen LogP) is 6.79.